The Morgan fingerprint density at radius 3 is 0.628 bits per heavy atom. The van der Waals surface area contributed by atoms with Gasteiger partial charge in [-0.1, -0.05) is 358 Å². The molecule has 145 heavy (non-hydrogen) atoms. The zero-order valence-corrected chi connectivity index (χ0v) is 85.4. The molecule has 0 spiro atoms. The fourth-order valence-electron chi connectivity index (χ4n) is 24.1. The summed E-state index contributed by atoms with van der Waals surface area (Å²) in [4.78, 5) is 0. The van der Waals surface area contributed by atoms with Crippen LogP contribution in [0.15, 0.2) is 394 Å². The topological polar surface area (TPSA) is 13.2 Å². The first-order valence-electron chi connectivity index (χ1n) is 52.5. The predicted molar refractivity (Wildman–Crippen MR) is 630 cm³/mol. The molecule has 0 unspecified atom stereocenters. The Morgan fingerprint density at radius 2 is 0.372 bits per heavy atom. The third kappa shape index (κ3) is 15.0. The Bertz CT molecular complexity index is 9630. The summed E-state index contributed by atoms with van der Waals surface area (Å²) in [5.41, 5.74) is 40.2. The summed E-state index contributed by atoms with van der Waals surface area (Å²) < 4.78 is 7.63. The number of rotatable bonds is 14. The standard InChI is InChI=1S/C50H39N.C47H41N.C45H37N/c1-30(2)34-15-17-36-28-48-44(24-41(36)19-34)46-26-43(40-22-38(32-11-7-5-8-12-32)21-39(23-40)33-13-9-6-10-14-33)27-47-45-25-42-20-35(31(3)4)16-18-37(42)29-49(45)51(48)50(46)47;1-27(2)31-12-14-34-25-45-41(21-36(34)18-31)43-23-38(40-20-33(16-17-39(40)29(5)6)30-10-8-7-9-11-30)24-44-42-22-37-19-32(28(3)4)13-15-35(37)26-46(42)48(45)47(43)44;1-26(2)30-11-13-33-24-43-39(20-35(33)18-30)41-22-37(38-16-15-32(17-28(38)5)29-9-7-6-8-10-29)23-42-40-21-36-19-31(27(3)4)12-14-34(36)25-44(40)46(43)45(41)42/h5-31H,1-4H3;7-29H,1-6H3;6-27H,1-5H3. The van der Waals surface area contributed by atoms with E-state index in [9.17, 15) is 0 Å². The van der Waals surface area contributed by atoms with Crippen LogP contribution in [0.5, 0.6) is 0 Å². The minimum absolute atomic E-state index is 0.402. The van der Waals surface area contributed by atoms with Crippen molar-refractivity contribution in [3.05, 3.63) is 439 Å². The minimum Gasteiger partial charge on any atom is -0.308 e. The highest BCUT2D eigenvalue weighted by atomic mass is 14.9. The van der Waals surface area contributed by atoms with Gasteiger partial charge in [0.05, 0.1) is 49.7 Å². The number of aromatic nitrogens is 3. The van der Waals surface area contributed by atoms with E-state index in [-0.39, 0.29) is 0 Å². The number of benzene rings is 22. The summed E-state index contributed by atoms with van der Waals surface area (Å²) >= 11 is 0. The average molecular weight is 1870 g/mol. The minimum atomic E-state index is 0.402. The summed E-state index contributed by atoms with van der Waals surface area (Å²) in [5, 5.41) is 31.5. The predicted octanol–water partition coefficient (Wildman–Crippen LogP) is 41.3. The molecule has 0 radical (unpaired) electrons. The van der Waals surface area contributed by atoms with Gasteiger partial charge in [0.2, 0.25) is 0 Å². The van der Waals surface area contributed by atoms with Crippen LogP contribution in [0.3, 0.4) is 0 Å². The molecule has 0 N–H and O–H groups in total. The number of hydrogen-bond acceptors (Lipinski definition) is 0. The van der Waals surface area contributed by atoms with Crippen molar-refractivity contribution in [1.82, 2.24) is 13.2 Å². The van der Waals surface area contributed by atoms with Crippen LogP contribution >= 0.6 is 0 Å². The molecule has 0 saturated carbocycles. The van der Waals surface area contributed by atoms with Gasteiger partial charge in [0.1, 0.15) is 0 Å². The Morgan fingerprint density at radius 1 is 0.145 bits per heavy atom. The zero-order valence-electron chi connectivity index (χ0n) is 85.4. The van der Waals surface area contributed by atoms with E-state index in [2.05, 4.69) is 511 Å². The molecule has 3 nitrogen and oxygen atoms in total. The normalized spacial score (nSPS) is 12.4. The van der Waals surface area contributed by atoms with Crippen LogP contribution in [0.1, 0.15) is 183 Å². The van der Waals surface area contributed by atoms with Crippen molar-refractivity contribution in [3.63, 3.8) is 0 Å². The van der Waals surface area contributed by atoms with Crippen molar-refractivity contribution in [2.24, 2.45) is 0 Å². The van der Waals surface area contributed by atoms with E-state index >= 15 is 0 Å². The maximum atomic E-state index is 2.55. The lowest BCUT2D eigenvalue weighted by Crippen LogP contribution is -1.94. The second-order valence-electron chi connectivity index (χ2n) is 43.8. The highest BCUT2D eigenvalue weighted by molar-refractivity contribution is 6.31. The molecule has 0 aliphatic rings. The Balaban J connectivity index is 0.000000111. The average Bonchev–Trinajstić information content (AvgIpc) is 1.54. The molecule has 28 rings (SSSR count). The maximum absolute atomic E-state index is 2.55. The molecule has 3 heteroatoms. The van der Waals surface area contributed by atoms with Crippen LogP contribution < -0.4 is 0 Å². The van der Waals surface area contributed by atoms with Crippen molar-refractivity contribution in [2.75, 3.05) is 0 Å². The SMILES string of the molecule is CC(C)c1ccc2cc3c(cc2c1)c1cc(-c2cc(-c4ccccc4)cc(-c4ccccc4)c2)cc2c4cc5cc(C(C)C)ccc5cc4n3c12.CC(C)c1ccc2cc3c(cc2c1)c1cc(-c2cc(-c4ccccc4)ccc2C(C)C)cc2c4cc5cc(C(C)C)ccc5cc4n3c12.Cc1cc(-c2ccccc2)ccc1-c1cc2c3cc4cc(C(C)C)ccc4cc3n3c4cc5ccc(C(C)C)cc5cc4c(c1)c23. The first-order valence-corrected chi connectivity index (χ1v) is 52.5. The molecule has 0 fully saturated rings. The Hall–Kier alpha value is -16.2. The maximum Gasteiger partial charge on any atom is 0.0620 e. The van der Waals surface area contributed by atoms with Gasteiger partial charge in [0.15, 0.2) is 0 Å². The monoisotopic (exact) mass is 1860 g/mol. The quantitative estimate of drug-likeness (QED) is 0.103. The molecule has 0 aliphatic heterocycles. The van der Waals surface area contributed by atoms with E-state index in [4.69, 9.17) is 0 Å². The molecule has 6 heterocycles. The van der Waals surface area contributed by atoms with Crippen LogP contribution in [-0.2, 0) is 0 Å². The number of fused-ring (bicyclic) bond motifs is 24. The lowest BCUT2D eigenvalue weighted by Gasteiger charge is -2.16. The molecule has 0 atom stereocenters. The lowest BCUT2D eigenvalue weighted by molar-refractivity contribution is 0.869. The van der Waals surface area contributed by atoms with Crippen molar-refractivity contribution in [1.29, 1.82) is 0 Å². The van der Waals surface area contributed by atoms with Crippen LogP contribution in [-0.4, -0.2) is 13.2 Å². The largest absolute Gasteiger partial charge is 0.308 e. The van der Waals surface area contributed by atoms with E-state index in [0.717, 1.165) is 0 Å². The molecule has 0 bridgehead atoms. The van der Waals surface area contributed by atoms with Gasteiger partial charge in [-0.2, -0.15) is 0 Å². The van der Waals surface area contributed by atoms with Crippen molar-refractivity contribution >= 4 is 179 Å². The molecule has 0 aliphatic carbocycles. The highest BCUT2D eigenvalue weighted by Gasteiger charge is 2.28. The van der Waals surface area contributed by atoms with Crippen LogP contribution in [0.2, 0.25) is 0 Å². The second kappa shape index (κ2) is 34.6. The van der Waals surface area contributed by atoms with E-state index in [1.54, 1.807) is 0 Å². The molecule has 0 saturated heterocycles. The first-order chi connectivity index (χ1) is 70.5. The van der Waals surface area contributed by atoms with E-state index in [1.165, 1.54) is 301 Å². The molecule has 22 aromatic carbocycles. The van der Waals surface area contributed by atoms with Gasteiger partial charge in [-0.25, -0.2) is 0 Å². The van der Waals surface area contributed by atoms with E-state index in [1.807, 2.05) is 0 Å². The molecule has 0 amide bonds. The van der Waals surface area contributed by atoms with E-state index in [0.29, 0.717) is 41.4 Å². The van der Waals surface area contributed by atoms with Gasteiger partial charge in [0, 0.05) is 64.6 Å². The molecular weight excluding hydrogens is 1750 g/mol. The van der Waals surface area contributed by atoms with Crippen molar-refractivity contribution in [3.8, 4) is 77.9 Å². The number of nitrogens with zero attached hydrogens (tertiary/aromatic N) is 3. The Kier molecular flexibility index (Phi) is 21.2. The molecule has 700 valence electrons. The fraction of sp³-hybridized carbons (Fsp3) is 0.155. The molecular formula is C142H117N3. The van der Waals surface area contributed by atoms with Crippen molar-refractivity contribution in [2.45, 2.75) is 145 Å². The number of aryl methyl sites for hydroxylation is 1. The smallest absolute Gasteiger partial charge is 0.0620 e. The second-order valence-corrected chi connectivity index (χ2v) is 43.8. The summed E-state index contributed by atoms with van der Waals surface area (Å²) in [6, 6.07) is 150. The molecule has 28 aromatic rings. The van der Waals surface area contributed by atoms with E-state index < -0.39 is 0 Å². The Labute approximate surface area is 848 Å². The third-order valence-electron chi connectivity index (χ3n) is 32.3. The highest BCUT2D eigenvalue weighted by Crippen LogP contribution is 2.52. The third-order valence-corrected chi connectivity index (χ3v) is 32.3. The van der Waals surface area contributed by atoms with Gasteiger partial charge in [0.25, 0.3) is 0 Å². The van der Waals surface area contributed by atoms with Gasteiger partial charge in [-0.3, -0.25) is 0 Å². The van der Waals surface area contributed by atoms with Gasteiger partial charge < -0.3 is 13.2 Å². The fourth-order valence-corrected chi connectivity index (χ4v) is 24.1. The first kappa shape index (κ1) is 88.9. The zero-order chi connectivity index (χ0) is 98.5. The van der Waals surface area contributed by atoms with Gasteiger partial charge in [-0.15, -0.1) is 0 Å². The summed E-state index contributed by atoms with van der Waals surface area (Å²) in [7, 11) is 0. The van der Waals surface area contributed by atoms with Crippen LogP contribution in [0.25, 0.3) is 257 Å². The number of hydrogen-bond donors (Lipinski definition) is 0. The van der Waals surface area contributed by atoms with Gasteiger partial charge >= 0.3 is 0 Å². The van der Waals surface area contributed by atoms with Gasteiger partial charge in [-0.05, 0) is 369 Å². The summed E-state index contributed by atoms with van der Waals surface area (Å²) in [5.74, 6) is 3.34. The van der Waals surface area contributed by atoms with Crippen molar-refractivity contribution < 1.29 is 0 Å². The van der Waals surface area contributed by atoms with Crippen LogP contribution in [0.4, 0.5) is 0 Å². The summed E-state index contributed by atoms with van der Waals surface area (Å²) in [6.45, 7) is 34.2. The van der Waals surface area contributed by atoms with Crippen LogP contribution in [0, 0.1) is 6.92 Å². The summed E-state index contributed by atoms with van der Waals surface area (Å²) in [6.07, 6.45) is 0. The lowest BCUT2D eigenvalue weighted by atomic mass is 9.88. The molecule has 6 aromatic heterocycles.